The number of carbonyl (C=O) groups is 1. The normalized spacial score (nSPS) is 21.0. The average Bonchev–Trinajstić information content (AvgIpc) is 2.50. The van der Waals surface area contributed by atoms with Crippen LogP contribution in [0.1, 0.15) is 30.0 Å². The Hall–Kier alpha value is -1.39. The lowest BCUT2D eigenvalue weighted by Gasteiger charge is -2.37. The number of nitrogens with zero attached hydrogens (tertiary/aromatic N) is 1. The summed E-state index contributed by atoms with van der Waals surface area (Å²) >= 11 is 0. The molecule has 1 aliphatic heterocycles. The maximum Gasteiger partial charge on any atom is 0.327 e. The largest absolute Gasteiger partial charge is 0.468 e. The molecule has 1 heterocycles. The Morgan fingerprint density at radius 1 is 1.38 bits per heavy atom. The van der Waals surface area contributed by atoms with Crippen molar-refractivity contribution < 1.29 is 14.3 Å². The second-order valence-corrected chi connectivity index (χ2v) is 5.74. The molecule has 0 saturated carbocycles. The Bertz CT molecular complexity index is 473. The minimum Gasteiger partial charge on any atom is -0.468 e. The summed E-state index contributed by atoms with van der Waals surface area (Å²) in [5.74, 6) is 0.308. The third-order valence-electron chi connectivity index (χ3n) is 4.23. The van der Waals surface area contributed by atoms with Gasteiger partial charge in [-0.1, -0.05) is 24.3 Å². The van der Waals surface area contributed by atoms with Crippen LogP contribution in [-0.4, -0.2) is 44.8 Å². The fourth-order valence-corrected chi connectivity index (χ4v) is 3.18. The van der Waals surface area contributed by atoms with E-state index in [1.54, 1.807) is 7.11 Å². The molecule has 0 amide bonds. The van der Waals surface area contributed by atoms with Gasteiger partial charge >= 0.3 is 5.97 Å². The van der Waals surface area contributed by atoms with E-state index in [1.165, 1.54) is 7.11 Å². The van der Waals surface area contributed by atoms with Crippen LogP contribution in [0.2, 0.25) is 0 Å². The van der Waals surface area contributed by atoms with Crippen molar-refractivity contribution in [2.45, 2.75) is 25.8 Å². The number of hydrogen-bond donors (Lipinski definition) is 0. The van der Waals surface area contributed by atoms with Gasteiger partial charge in [0.2, 0.25) is 0 Å². The first-order valence-corrected chi connectivity index (χ1v) is 7.53. The zero-order valence-electron chi connectivity index (χ0n) is 13.2. The molecule has 2 rings (SSSR count). The molecule has 1 aromatic carbocycles. The number of esters is 1. The summed E-state index contributed by atoms with van der Waals surface area (Å²) in [4.78, 5) is 14.6. The third-order valence-corrected chi connectivity index (χ3v) is 4.23. The summed E-state index contributed by atoms with van der Waals surface area (Å²) in [6, 6.07) is 7.74. The lowest BCUT2D eigenvalue weighted by atomic mass is 9.93. The van der Waals surface area contributed by atoms with Gasteiger partial charge in [0.1, 0.15) is 6.04 Å². The summed E-state index contributed by atoms with van der Waals surface area (Å²) in [6.07, 6.45) is 2.25. The van der Waals surface area contributed by atoms with Crippen LogP contribution >= 0.6 is 0 Å². The van der Waals surface area contributed by atoms with Crippen molar-refractivity contribution in [1.82, 2.24) is 4.90 Å². The number of likely N-dealkylation sites (tertiary alicyclic amines) is 1. The maximum absolute atomic E-state index is 12.3. The van der Waals surface area contributed by atoms with Gasteiger partial charge in [0.25, 0.3) is 0 Å². The second kappa shape index (κ2) is 7.57. The van der Waals surface area contributed by atoms with Gasteiger partial charge in [-0.15, -0.1) is 0 Å². The van der Waals surface area contributed by atoms with Gasteiger partial charge in [-0.3, -0.25) is 4.90 Å². The predicted octanol–water partition coefficient (Wildman–Crippen LogP) is 2.57. The molecule has 0 radical (unpaired) electrons. The molecule has 0 bridgehead atoms. The van der Waals surface area contributed by atoms with Crippen LogP contribution in [0.3, 0.4) is 0 Å². The topological polar surface area (TPSA) is 38.8 Å². The van der Waals surface area contributed by atoms with Crippen LogP contribution in [0.5, 0.6) is 0 Å². The van der Waals surface area contributed by atoms with Gasteiger partial charge in [-0.05, 0) is 43.4 Å². The van der Waals surface area contributed by atoms with Crippen molar-refractivity contribution in [3.05, 3.63) is 35.4 Å². The number of aryl methyl sites for hydroxylation is 1. The summed E-state index contributed by atoms with van der Waals surface area (Å²) in [5.41, 5.74) is 2.17. The number of methoxy groups -OCH3 is 2. The second-order valence-electron chi connectivity index (χ2n) is 5.74. The fraction of sp³-hybridized carbons (Fsp3) is 0.588. The van der Waals surface area contributed by atoms with Gasteiger partial charge in [0.15, 0.2) is 0 Å². The molecule has 0 spiro atoms. The van der Waals surface area contributed by atoms with Crippen molar-refractivity contribution in [3.8, 4) is 0 Å². The Kier molecular flexibility index (Phi) is 5.76. The Morgan fingerprint density at radius 3 is 2.81 bits per heavy atom. The van der Waals surface area contributed by atoms with Crippen molar-refractivity contribution in [3.63, 3.8) is 0 Å². The van der Waals surface area contributed by atoms with Crippen molar-refractivity contribution in [2.75, 3.05) is 33.9 Å². The molecular formula is C17H25NO3. The highest BCUT2D eigenvalue weighted by Gasteiger charge is 2.33. The molecule has 1 aliphatic rings. The summed E-state index contributed by atoms with van der Waals surface area (Å²) in [6.45, 7) is 4.59. The predicted molar refractivity (Wildman–Crippen MR) is 82.1 cm³/mol. The molecule has 116 valence electrons. The number of benzene rings is 1. The summed E-state index contributed by atoms with van der Waals surface area (Å²) in [7, 11) is 3.20. The molecule has 21 heavy (non-hydrogen) atoms. The van der Waals surface area contributed by atoms with Crippen LogP contribution < -0.4 is 0 Å². The van der Waals surface area contributed by atoms with E-state index in [-0.39, 0.29) is 12.0 Å². The zero-order chi connectivity index (χ0) is 15.2. The smallest absolute Gasteiger partial charge is 0.327 e. The number of ether oxygens (including phenoxy) is 2. The van der Waals surface area contributed by atoms with E-state index >= 15 is 0 Å². The van der Waals surface area contributed by atoms with E-state index in [0.717, 1.165) is 43.7 Å². The SMILES string of the molecule is COC[C@@H]1CCCN([C@H](C(=O)OC)c2ccccc2C)C1. The standard InChI is InChI=1S/C17H25NO3/c1-13-7-4-5-9-15(13)16(17(19)21-3)18-10-6-8-14(11-18)12-20-2/h4-5,7,9,14,16H,6,8,10-12H2,1-3H3/t14-,16+/m1/s1. The fourth-order valence-electron chi connectivity index (χ4n) is 3.18. The van der Waals surface area contributed by atoms with E-state index in [9.17, 15) is 4.79 Å². The van der Waals surface area contributed by atoms with Crippen LogP contribution in [0, 0.1) is 12.8 Å². The zero-order valence-corrected chi connectivity index (χ0v) is 13.2. The number of piperidine rings is 1. The monoisotopic (exact) mass is 291 g/mol. The molecule has 1 fully saturated rings. The minimum atomic E-state index is -0.309. The molecule has 4 heteroatoms. The first kappa shape index (κ1) is 16.0. The van der Waals surface area contributed by atoms with Crippen molar-refractivity contribution >= 4 is 5.97 Å². The Morgan fingerprint density at radius 2 is 2.14 bits per heavy atom. The average molecular weight is 291 g/mol. The van der Waals surface area contributed by atoms with E-state index in [0.29, 0.717) is 5.92 Å². The molecule has 1 saturated heterocycles. The number of carbonyl (C=O) groups excluding carboxylic acids is 1. The maximum atomic E-state index is 12.3. The van der Waals surface area contributed by atoms with Gasteiger partial charge in [-0.25, -0.2) is 4.79 Å². The van der Waals surface area contributed by atoms with Gasteiger partial charge in [-0.2, -0.15) is 0 Å². The first-order valence-electron chi connectivity index (χ1n) is 7.53. The molecule has 0 unspecified atom stereocenters. The molecular weight excluding hydrogens is 266 g/mol. The quantitative estimate of drug-likeness (QED) is 0.782. The molecule has 1 aromatic rings. The highest BCUT2D eigenvalue weighted by atomic mass is 16.5. The molecule has 4 nitrogen and oxygen atoms in total. The Balaban J connectivity index is 2.24. The first-order chi connectivity index (χ1) is 10.2. The van der Waals surface area contributed by atoms with E-state index in [2.05, 4.69) is 4.90 Å². The highest BCUT2D eigenvalue weighted by Crippen LogP contribution is 2.29. The van der Waals surface area contributed by atoms with Crippen LogP contribution in [0.4, 0.5) is 0 Å². The number of hydrogen-bond acceptors (Lipinski definition) is 4. The van der Waals surface area contributed by atoms with Crippen molar-refractivity contribution in [1.29, 1.82) is 0 Å². The lowest BCUT2D eigenvalue weighted by Crippen LogP contribution is -2.43. The van der Waals surface area contributed by atoms with Gasteiger partial charge in [0.05, 0.1) is 13.7 Å². The minimum absolute atomic E-state index is 0.178. The van der Waals surface area contributed by atoms with Gasteiger partial charge in [0, 0.05) is 13.7 Å². The van der Waals surface area contributed by atoms with Crippen LogP contribution in [0.15, 0.2) is 24.3 Å². The molecule has 2 atom stereocenters. The Labute approximate surface area is 127 Å². The molecule has 0 N–H and O–H groups in total. The van der Waals surface area contributed by atoms with E-state index < -0.39 is 0 Å². The van der Waals surface area contributed by atoms with Crippen LogP contribution in [0.25, 0.3) is 0 Å². The highest BCUT2D eigenvalue weighted by molar-refractivity contribution is 5.78. The summed E-state index contributed by atoms with van der Waals surface area (Å²) < 4.78 is 10.3. The number of rotatable bonds is 5. The van der Waals surface area contributed by atoms with Crippen molar-refractivity contribution in [2.24, 2.45) is 5.92 Å². The summed E-state index contributed by atoms with van der Waals surface area (Å²) in [5, 5.41) is 0. The lowest BCUT2D eigenvalue weighted by molar-refractivity contribution is -0.148. The van der Waals surface area contributed by atoms with E-state index in [1.807, 2.05) is 31.2 Å². The molecule has 0 aliphatic carbocycles. The van der Waals surface area contributed by atoms with Gasteiger partial charge < -0.3 is 9.47 Å². The van der Waals surface area contributed by atoms with E-state index in [4.69, 9.17) is 9.47 Å². The molecule has 0 aromatic heterocycles. The van der Waals surface area contributed by atoms with Crippen LogP contribution in [-0.2, 0) is 14.3 Å². The third kappa shape index (κ3) is 3.83.